The number of likely N-dealkylation sites (tertiary alicyclic amines) is 1. The van der Waals surface area contributed by atoms with Gasteiger partial charge in [-0.15, -0.1) is 11.3 Å². The van der Waals surface area contributed by atoms with E-state index in [0.717, 1.165) is 36.6 Å². The maximum atomic E-state index is 11.4. The van der Waals surface area contributed by atoms with Gasteiger partial charge in [0.25, 0.3) is 0 Å². The standard InChI is InChI=1S/C15H23N3O2S/c1-17-8-4-5-10(17)9-18(2)15-16-13-11(14(19)20)6-3-7-12(13)21-15/h10-11H,3-9H2,1-2H3,(H,19,20). The Bertz CT molecular complexity index is 531. The third kappa shape index (κ3) is 2.92. The van der Waals surface area contributed by atoms with Gasteiger partial charge < -0.3 is 14.9 Å². The van der Waals surface area contributed by atoms with Crippen molar-refractivity contribution in [2.24, 2.45) is 0 Å². The third-order valence-corrected chi connectivity index (χ3v) is 5.97. The summed E-state index contributed by atoms with van der Waals surface area (Å²) in [5, 5.41) is 10.3. The van der Waals surface area contributed by atoms with Gasteiger partial charge in [0.15, 0.2) is 5.13 Å². The van der Waals surface area contributed by atoms with Crippen molar-refractivity contribution in [1.29, 1.82) is 0 Å². The first-order valence-electron chi connectivity index (χ1n) is 7.70. The van der Waals surface area contributed by atoms with Crippen LogP contribution in [-0.2, 0) is 11.2 Å². The van der Waals surface area contributed by atoms with Crippen molar-refractivity contribution >= 4 is 22.4 Å². The molecule has 0 spiro atoms. The lowest BCUT2D eigenvalue weighted by Crippen LogP contribution is -2.36. The maximum Gasteiger partial charge on any atom is 0.312 e. The maximum absolute atomic E-state index is 11.4. The Hall–Kier alpha value is -1.14. The van der Waals surface area contributed by atoms with Crippen molar-refractivity contribution in [2.75, 3.05) is 32.1 Å². The largest absolute Gasteiger partial charge is 0.481 e. The second-order valence-corrected chi connectivity index (χ2v) is 7.31. The third-order valence-electron chi connectivity index (χ3n) is 4.72. The van der Waals surface area contributed by atoms with Crippen molar-refractivity contribution in [3.63, 3.8) is 0 Å². The van der Waals surface area contributed by atoms with Crippen LogP contribution in [0.1, 0.15) is 42.2 Å². The van der Waals surface area contributed by atoms with E-state index in [9.17, 15) is 9.90 Å². The minimum absolute atomic E-state index is 0.402. The number of likely N-dealkylation sites (N-methyl/N-ethyl adjacent to an activating group) is 2. The summed E-state index contributed by atoms with van der Waals surface area (Å²) in [5.41, 5.74) is 0.820. The zero-order valence-corrected chi connectivity index (χ0v) is 13.5. The number of aromatic nitrogens is 1. The number of hydrogen-bond acceptors (Lipinski definition) is 5. The second kappa shape index (κ2) is 5.93. The molecule has 1 N–H and O–H groups in total. The number of thiazole rings is 1. The highest BCUT2D eigenvalue weighted by Gasteiger charge is 2.31. The minimum Gasteiger partial charge on any atom is -0.481 e. The van der Waals surface area contributed by atoms with Crippen LogP contribution in [-0.4, -0.2) is 54.2 Å². The highest BCUT2D eigenvalue weighted by molar-refractivity contribution is 7.15. The number of fused-ring (bicyclic) bond motifs is 1. The van der Waals surface area contributed by atoms with E-state index in [2.05, 4.69) is 28.9 Å². The van der Waals surface area contributed by atoms with Crippen LogP contribution in [0.3, 0.4) is 0 Å². The van der Waals surface area contributed by atoms with Crippen LogP contribution in [0.2, 0.25) is 0 Å². The highest BCUT2D eigenvalue weighted by atomic mass is 32.1. The second-order valence-electron chi connectivity index (χ2n) is 6.25. The zero-order chi connectivity index (χ0) is 15.0. The van der Waals surface area contributed by atoms with Gasteiger partial charge in [0.05, 0.1) is 5.69 Å². The number of aryl methyl sites for hydroxylation is 1. The van der Waals surface area contributed by atoms with Gasteiger partial charge >= 0.3 is 5.97 Å². The topological polar surface area (TPSA) is 56.7 Å². The Labute approximate surface area is 129 Å². The predicted molar refractivity (Wildman–Crippen MR) is 84.4 cm³/mol. The van der Waals surface area contributed by atoms with Gasteiger partial charge in [0, 0.05) is 24.5 Å². The van der Waals surface area contributed by atoms with Crippen LogP contribution in [0.5, 0.6) is 0 Å². The Morgan fingerprint density at radius 3 is 2.95 bits per heavy atom. The molecule has 1 aliphatic heterocycles. The summed E-state index contributed by atoms with van der Waals surface area (Å²) in [5.74, 6) is -1.13. The molecule has 0 bridgehead atoms. The first-order chi connectivity index (χ1) is 10.1. The van der Waals surface area contributed by atoms with Gasteiger partial charge in [-0.25, -0.2) is 4.98 Å². The van der Waals surface area contributed by atoms with Gasteiger partial charge in [0.1, 0.15) is 5.92 Å². The Kier molecular flexibility index (Phi) is 4.17. The molecular weight excluding hydrogens is 286 g/mol. The van der Waals surface area contributed by atoms with E-state index in [1.165, 1.54) is 24.3 Å². The average Bonchev–Trinajstić information content (AvgIpc) is 3.04. The molecule has 21 heavy (non-hydrogen) atoms. The normalized spacial score (nSPS) is 25.8. The summed E-state index contributed by atoms with van der Waals surface area (Å²) >= 11 is 1.68. The molecule has 3 rings (SSSR count). The lowest BCUT2D eigenvalue weighted by Gasteiger charge is -2.25. The average molecular weight is 309 g/mol. The molecule has 1 aromatic rings. The quantitative estimate of drug-likeness (QED) is 0.924. The molecule has 2 heterocycles. The number of aliphatic carboxylic acids is 1. The minimum atomic E-state index is -0.731. The predicted octanol–water partition coefficient (Wildman–Crippen LogP) is 2.18. The van der Waals surface area contributed by atoms with Crippen LogP contribution in [0.15, 0.2) is 0 Å². The number of nitrogens with zero attached hydrogens (tertiary/aromatic N) is 3. The summed E-state index contributed by atoms with van der Waals surface area (Å²) in [7, 11) is 4.26. The zero-order valence-electron chi connectivity index (χ0n) is 12.7. The molecule has 2 aliphatic rings. The van der Waals surface area contributed by atoms with Crippen molar-refractivity contribution in [3.8, 4) is 0 Å². The van der Waals surface area contributed by atoms with E-state index < -0.39 is 11.9 Å². The molecule has 1 aliphatic carbocycles. The molecular formula is C15H23N3O2S. The summed E-state index contributed by atoms with van der Waals surface area (Å²) in [4.78, 5) is 21.8. The number of carboxylic acids is 1. The van der Waals surface area contributed by atoms with Crippen molar-refractivity contribution in [3.05, 3.63) is 10.6 Å². The van der Waals surface area contributed by atoms with E-state index in [-0.39, 0.29) is 0 Å². The number of anilines is 1. The molecule has 1 aromatic heterocycles. The first kappa shape index (κ1) is 14.8. The van der Waals surface area contributed by atoms with Crippen molar-refractivity contribution in [1.82, 2.24) is 9.88 Å². The Morgan fingerprint density at radius 2 is 2.29 bits per heavy atom. The van der Waals surface area contributed by atoms with E-state index in [1.54, 1.807) is 11.3 Å². The van der Waals surface area contributed by atoms with Crippen LogP contribution < -0.4 is 4.90 Å². The van der Waals surface area contributed by atoms with Gasteiger partial charge in [-0.05, 0) is 45.7 Å². The molecule has 0 aromatic carbocycles. The van der Waals surface area contributed by atoms with Crippen LogP contribution in [0.4, 0.5) is 5.13 Å². The smallest absolute Gasteiger partial charge is 0.312 e. The van der Waals surface area contributed by atoms with E-state index in [4.69, 9.17) is 0 Å². The number of carboxylic acid groups (broad SMARTS) is 1. The Balaban J connectivity index is 1.75. The van der Waals surface area contributed by atoms with E-state index in [0.29, 0.717) is 6.04 Å². The molecule has 6 heteroatoms. The number of rotatable bonds is 4. The van der Waals surface area contributed by atoms with Gasteiger partial charge in [-0.1, -0.05) is 0 Å². The fourth-order valence-corrected chi connectivity index (χ4v) is 4.55. The van der Waals surface area contributed by atoms with E-state index in [1.807, 2.05) is 0 Å². The molecule has 5 nitrogen and oxygen atoms in total. The lowest BCUT2D eigenvalue weighted by atomic mass is 9.91. The molecule has 1 fully saturated rings. The van der Waals surface area contributed by atoms with Crippen LogP contribution >= 0.6 is 11.3 Å². The summed E-state index contributed by atoms with van der Waals surface area (Å²) < 4.78 is 0. The first-order valence-corrected chi connectivity index (χ1v) is 8.51. The molecule has 116 valence electrons. The molecule has 0 amide bonds. The molecule has 0 radical (unpaired) electrons. The number of carbonyl (C=O) groups is 1. The van der Waals surface area contributed by atoms with Crippen molar-refractivity contribution in [2.45, 2.75) is 44.1 Å². The van der Waals surface area contributed by atoms with Crippen LogP contribution in [0, 0.1) is 0 Å². The van der Waals surface area contributed by atoms with E-state index >= 15 is 0 Å². The molecule has 1 saturated heterocycles. The summed E-state index contributed by atoms with van der Waals surface area (Å²) in [6.07, 6.45) is 5.17. The summed E-state index contributed by atoms with van der Waals surface area (Å²) in [6, 6.07) is 0.589. The monoisotopic (exact) mass is 309 g/mol. The van der Waals surface area contributed by atoms with Gasteiger partial charge in [0.2, 0.25) is 0 Å². The molecule has 2 unspecified atom stereocenters. The SMILES string of the molecule is CN(CC1CCCN1C)c1nc2c(s1)CCCC2C(=O)O. The highest BCUT2D eigenvalue weighted by Crippen LogP contribution is 2.38. The Morgan fingerprint density at radius 1 is 1.48 bits per heavy atom. The fourth-order valence-electron chi connectivity index (χ4n) is 3.41. The van der Waals surface area contributed by atoms with Crippen LogP contribution in [0.25, 0.3) is 0 Å². The fraction of sp³-hybridized carbons (Fsp3) is 0.733. The molecule has 2 atom stereocenters. The molecule has 0 saturated carbocycles. The van der Waals surface area contributed by atoms with Gasteiger partial charge in [-0.2, -0.15) is 0 Å². The number of hydrogen-bond donors (Lipinski definition) is 1. The summed E-state index contributed by atoms with van der Waals surface area (Å²) in [6.45, 7) is 2.15. The van der Waals surface area contributed by atoms with Crippen molar-refractivity contribution < 1.29 is 9.90 Å². The lowest BCUT2D eigenvalue weighted by molar-refractivity contribution is -0.139. The van der Waals surface area contributed by atoms with Gasteiger partial charge in [-0.3, -0.25) is 4.79 Å².